The summed E-state index contributed by atoms with van der Waals surface area (Å²) in [4.78, 5) is 23.6. The molecule has 0 saturated heterocycles. The first-order valence-electron chi connectivity index (χ1n) is 6.71. The Balaban J connectivity index is 2.41. The molecule has 1 unspecified atom stereocenters. The van der Waals surface area contributed by atoms with E-state index in [-0.39, 0.29) is 12.2 Å². The van der Waals surface area contributed by atoms with E-state index in [9.17, 15) is 9.59 Å². The summed E-state index contributed by atoms with van der Waals surface area (Å²) in [6, 6.07) is 14.7. The number of ketones is 1. The lowest BCUT2D eigenvalue weighted by atomic mass is 9.86. The Bertz CT molecular complexity index is 665. The average Bonchev–Trinajstić information content (AvgIpc) is 2.49. The molecule has 1 atom stereocenters. The standard InChI is InChI=1S/C17H16BrNO3/c1-22-14-8-4-12(5-9-14)17(15(20)10-16(19)21)11-2-6-13(18)7-3-11/h2-9,17H,10H2,1H3,(H2,19,21). The number of carbonyl (C=O) groups is 2. The van der Waals surface area contributed by atoms with Crippen LogP contribution in [-0.4, -0.2) is 18.8 Å². The fourth-order valence-corrected chi connectivity index (χ4v) is 2.55. The van der Waals surface area contributed by atoms with Crippen molar-refractivity contribution in [3.8, 4) is 5.75 Å². The highest BCUT2D eigenvalue weighted by molar-refractivity contribution is 9.10. The van der Waals surface area contributed by atoms with Crippen molar-refractivity contribution in [2.24, 2.45) is 5.73 Å². The van der Waals surface area contributed by atoms with E-state index in [2.05, 4.69) is 15.9 Å². The number of halogens is 1. The monoisotopic (exact) mass is 361 g/mol. The van der Waals surface area contributed by atoms with Gasteiger partial charge in [-0.25, -0.2) is 0 Å². The van der Waals surface area contributed by atoms with Crippen molar-refractivity contribution in [1.29, 1.82) is 0 Å². The smallest absolute Gasteiger partial charge is 0.224 e. The van der Waals surface area contributed by atoms with Crippen molar-refractivity contribution in [2.45, 2.75) is 12.3 Å². The van der Waals surface area contributed by atoms with Crippen molar-refractivity contribution < 1.29 is 14.3 Å². The summed E-state index contributed by atoms with van der Waals surface area (Å²) in [5, 5.41) is 0. The van der Waals surface area contributed by atoms with Crippen LogP contribution in [0.5, 0.6) is 5.75 Å². The Morgan fingerprint density at radius 3 is 2.00 bits per heavy atom. The number of carbonyl (C=O) groups excluding carboxylic acids is 2. The number of nitrogens with two attached hydrogens (primary N) is 1. The molecule has 1 amide bonds. The molecule has 2 N–H and O–H groups in total. The molecule has 0 bridgehead atoms. The number of Topliss-reactive ketones (excluding diaryl/α,β-unsaturated/α-hetero) is 1. The van der Waals surface area contributed by atoms with E-state index in [1.165, 1.54) is 0 Å². The lowest BCUT2D eigenvalue weighted by Crippen LogP contribution is -2.22. The molecule has 0 aromatic heterocycles. The van der Waals surface area contributed by atoms with Crippen molar-refractivity contribution >= 4 is 27.6 Å². The van der Waals surface area contributed by atoms with Crippen LogP contribution in [0.15, 0.2) is 53.0 Å². The van der Waals surface area contributed by atoms with E-state index in [1.807, 2.05) is 36.4 Å². The summed E-state index contributed by atoms with van der Waals surface area (Å²) in [6.45, 7) is 0. The van der Waals surface area contributed by atoms with Gasteiger partial charge in [0.25, 0.3) is 0 Å². The zero-order chi connectivity index (χ0) is 16.1. The number of benzene rings is 2. The molecule has 5 heteroatoms. The molecule has 2 rings (SSSR count). The molecule has 4 nitrogen and oxygen atoms in total. The second-order valence-electron chi connectivity index (χ2n) is 4.87. The zero-order valence-electron chi connectivity index (χ0n) is 12.1. The first-order chi connectivity index (χ1) is 10.5. The van der Waals surface area contributed by atoms with Gasteiger partial charge in [-0.05, 0) is 35.4 Å². The Morgan fingerprint density at radius 2 is 1.55 bits per heavy atom. The van der Waals surface area contributed by atoms with Gasteiger partial charge >= 0.3 is 0 Å². The molecule has 0 heterocycles. The average molecular weight is 362 g/mol. The fourth-order valence-electron chi connectivity index (χ4n) is 2.29. The number of amides is 1. The lowest BCUT2D eigenvalue weighted by molar-refractivity contribution is -0.126. The quantitative estimate of drug-likeness (QED) is 0.803. The minimum absolute atomic E-state index is 0.222. The lowest BCUT2D eigenvalue weighted by Gasteiger charge is -2.17. The highest BCUT2D eigenvalue weighted by Crippen LogP contribution is 2.29. The highest BCUT2D eigenvalue weighted by Gasteiger charge is 2.24. The summed E-state index contributed by atoms with van der Waals surface area (Å²) in [5.41, 5.74) is 6.79. The molecule has 114 valence electrons. The number of hydrogen-bond acceptors (Lipinski definition) is 3. The molecule has 0 fully saturated rings. The molecule has 2 aromatic carbocycles. The van der Waals surface area contributed by atoms with Gasteiger partial charge in [0.15, 0.2) is 5.78 Å². The molecular weight excluding hydrogens is 346 g/mol. The summed E-state index contributed by atoms with van der Waals surface area (Å²) in [7, 11) is 1.58. The predicted octanol–water partition coefficient (Wildman–Crippen LogP) is 3.03. The van der Waals surface area contributed by atoms with Gasteiger partial charge in [0.1, 0.15) is 5.75 Å². The number of hydrogen-bond donors (Lipinski definition) is 1. The topological polar surface area (TPSA) is 69.4 Å². The zero-order valence-corrected chi connectivity index (χ0v) is 13.7. The van der Waals surface area contributed by atoms with E-state index < -0.39 is 11.8 Å². The fraction of sp³-hybridized carbons (Fsp3) is 0.176. The summed E-state index contributed by atoms with van der Waals surface area (Å²) in [6.07, 6.45) is -0.285. The van der Waals surface area contributed by atoms with Crippen LogP contribution >= 0.6 is 15.9 Å². The van der Waals surface area contributed by atoms with E-state index in [0.29, 0.717) is 5.75 Å². The third kappa shape index (κ3) is 3.95. The van der Waals surface area contributed by atoms with Crippen molar-refractivity contribution in [3.05, 3.63) is 64.1 Å². The van der Waals surface area contributed by atoms with Gasteiger partial charge in [0.2, 0.25) is 5.91 Å². The number of rotatable bonds is 6. The van der Waals surface area contributed by atoms with Crippen molar-refractivity contribution in [2.75, 3.05) is 7.11 Å². The maximum absolute atomic E-state index is 12.5. The van der Waals surface area contributed by atoms with Crippen molar-refractivity contribution in [1.82, 2.24) is 0 Å². The van der Waals surface area contributed by atoms with Gasteiger partial charge < -0.3 is 10.5 Å². The van der Waals surface area contributed by atoms with E-state index in [1.54, 1.807) is 19.2 Å². The second kappa shape index (κ2) is 7.22. The third-order valence-electron chi connectivity index (χ3n) is 3.32. The maximum atomic E-state index is 12.5. The molecule has 2 aromatic rings. The molecule has 0 saturated carbocycles. The molecule has 0 radical (unpaired) electrons. The highest BCUT2D eigenvalue weighted by atomic mass is 79.9. The molecule has 0 aliphatic carbocycles. The van der Waals surface area contributed by atoms with Crippen LogP contribution in [0.3, 0.4) is 0 Å². The number of ether oxygens (including phenoxy) is 1. The van der Waals surface area contributed by atoms with Gasteiger partial charge in [-0.15, -0.1) is 0 Å². The third-order valence-corrected chi connectivity index (χ3v) is 3.85. The van der Waals surface area contributed by atoms with Gasteiger partial charge in [0, 0.05) is 4.47 Å². The van der Waals surface area contributed by atoms with Crippen molar-refractivity contribution in [3.63, 3.8) is 0 Å². The van der Waals surface area contributed by atoms with Crippen LogP contribution in [0.2, 0.25) is 0 Å². The largest absolute Gasteiger partial charge is 0.497 e. The number of methoxy groups -OCH3 is 1. The SMILES string of the molecule is COc1ccc(C(C(=O)CC(N)=O)c2ccc(Br)cc2)cc1. The van der Waals surface area contributed by atoms with E-state index in [0.717, 1.165) is 15.6 Å². The Labute approximate surface area is 137 Å². The van der Waals surface area contributed by atoms with Crippen LogP contribution in [-0.2, 0) is 9.59 Å². The Morgan fingerprint density at radius 1 is 1.05 bits per heavy atom. The summed E-state index contributed by atoms with van der Waals surface area (Å²) >= 11 is 3.37. The summed E-state index contributed by atoms with van der Waals surface area (Å²) in [5.74, 6) is -0.659. The Kier molecular flexibility index (Phi) is 5.33. The van der Waals surface area contributed by atoms with Crippen LogP contribution in [0, 0.1) is 0 Å². The first kappa shape index (κ1) is 16.2. The summed E-state index contributed by atoms with van der Waals surface area (Å²) < 4.78 is 6.05. The predicted molar refractivity (Wildman–Crippen MR) is 87.8 cm³/mol. The van der Waals surface area contributed by atoms with Crippen LogP contribution in [0.25, 0.3) is 0 Å². The van der Waals surface area contributed by atoms with Crippen LogP contribution in [0.1, 0.15) is 23.5 Å². The molecule has 0 spiro atoms. The van der Waals surface area contributed by atoms with E-state index >= 15 is 0 Å². The van der Waals surface area contributed by atoms with Crippen LogP contribution in [0.4, 0.5) is 0 Å². The maximum Gasteiger partial charge on any atom is 0.224 e. The van der Waals surface area contributed by atoms with Gasteiger partial charge in [-0.2, -0.15) is 0 Å². The van der Waals surface area contributed by atoms with Gasteiger partial charge in [-0.1, -0.05) is 40.2 Å². The second-order valence-corrected chi connectivity index (χ2v) is 5.78. The minimum Gasteiger partial charge on any atom is -0.497 e. The first-order valence-corrected chi connectivity index (χ1v) is 7.51. The van der Waals surface area contributed by atoms with E-state index in [4.69, 9.17) is 10.5 Å². The minimum atomic E-state index is -0.624. The molecular formula is C17H16BrNO3. The molecule has 22 heavy (non-hydrogen) atoms. The number of primary amides is 1. The van der Waals surface area contributed by atoms with Gasteiger partial charge in [-0.3, -0.25) is 9.59 Å². The Hall–Kier alpha value is -2.14. The molecule has 0 aliphatic rings. The van der Waals surface area contributed by atoms with Crippen LogP contribution < -0.4 is 10.5 Å². The normalized spacial score (nSPS) is 11.7. The van der Waals surface area contributed by atoms with Gasteiger partial charge in [0.05, 0.1) is 19.4 Å². The molecule has 0 aliphatic heterocycles.